The Kier molecular flexibility index (Phi) is 9.22. The zero-order chi connectivity index (χ0) is 47.3. The third kappa shape index (κ3) is 6.13. The first-order valence-corrected chi connectivity index (χ1v) is 24.9. The maximum absolute atomic E-state index is 2.54. The predicted molar refractivity (Wildman–Crippen MR) is 297 cm³/mol. The summed E-state index contributed by atoms with van der Waals surface area (Å²) in [5.41, 5.74) is 28.2. The maximum atomic E-state index is 2.54. The SMILES string of the molecule is CC1(C)c2ccccc2-c2ccc(N(c3ccc(-c4ccc(-c5ccccc5)cc4)cc3)c3ccc4c(c3)C3(c5ccccc5-c5cccc(-c6ccccc6)c53)c3cccc(-c5ccccc5)c3-4)cc21. The van der Waals surface area contributed by atoms with E-state index >= 15 is 0 Å². The minimum absolute atomic E-state index is 0.161. The highest BCUT2D eigenvalue weighted by atomic mass is 15.1. The minimum atomic E-state index is -0.604. The van der Waals surface area contributed by atoms with Crippen molar-refractivity contribution in [2.45, 2.75) is 24.7 Å². The first-order chi connectivity index (χ1) is 35.0. The summed E-state index contributed by atoms with van der Waals surface area (Å²) in [4.78, 5) is 2.50. The Bertz CT molecular complexity index is 3870. The van der Waals surface area contributed by atoms with Crippen LogP contribution >= 0.6 is 0 Å². The molecule has 1 heteroatoms. The molecule has 14 rings (SSSR count). The molecule has 0 bridgehead atoms. The molecular formula is C70H49N. The summed E-state index contributed by atoms with van der Waals surface area (Å²) in [5, 5.41) is 0. The van der Waals surface area contributed by atoms with Crippen LogP contribution < -0.4 is 4.90 Å². The highest BCUT2D eigenvalue weighted by Crippen LogP contribution is 2.66. The van der Waals surface area contributed by atoms with E-state index in [2.05, 4.69) is 280 Å². The van der Waals surface area contributed by atoms with Gasteiger partial charge in [-0.15, -0.1) is 0 Å². The van der Waals surface area contributed by atoms with Crippen molar-refractivity contribution in [1.82, 2.24) is 0 Å². The third-order valence-electron chi connectivity index (χ3n) is 15.9. The third-order valence-corrected chi connectivity index (χ3v) is 15.9. The molecule has 3 aliphatic carbocycles. The Morgan fingerprint density at radius 2 is 0.662 bits per heavy atom. The highest BCUT2D eigenvalue weighted by Gasteiger charge is 2.53. The molecule has 0 heterocycles. The normalized spacial score (nSPS) is 15.1. The van der Waals surface area contributed by atoms with Crippen LogP contribution in [0.2, 0.25) is 0 Å². The predicted octanol–water partition coefficient (Wildman–Crippen LogP) is 18.5. The average Bonchev–Trinajstić information content (AvgIpc) is 4.00. The van der Waals surface area contributed by atoms with Gasteiger partial charge in [-0.25, -0.2) is 0 Å². The van der Waals surface area contributed by atoms with E-state index in [0.717, 1.165) is 17.1 Å². The van der Waals surface area contributed by atoms with Crippen LogP contribution in [0, 0.1) is 0 Å². The molecule has 11 aromatic rings. The Morgan fingerprint density at radius 1 is 0.254 bits per heavy atom. The number of nitrogens with zero attached hydrogens (tertiary/aromatic N) is 1. The van der Waals surface area contributed by atoms with E-state index < -0.39 is 5.41 Å². The second kappa shape index (κ2) is 15.9. The van der Waals surface area contributed by atoms with Crippen molar-refractivity contribution in [3.63, 3.8) is 0 Å². The molecule has 1 unspecified atom stereocenters. The van der Waals surface area contributed by atoms with Gasteiger partial charge in [0.05, 0.1) is 5.41 Å². The molecule has 11 aromatic carbocycles. The number of benzene rings is 11. The molecule has 0 fully saturated rings. The van der Waals surface area contributed by atoms with Crippen LogP contribution in [0.1, 0.15) is 47.2 Å². The van der Waals surface area contributed by atoms with E-state index in [4.69, 9.17) is 0 Å². The van der Waals surface area contributed by atoms with Gasteiger partial charge in [-0.1, -0.05) is 238 Å². The molecule has 0 saturated carbocycles. The van der Waals surface area contributed by atoms with E-state index in [1.807, 2.05) is 0 Å². The Morgan fingerprint density at radius 3 is 1.31 bits per heavy atom. The van der Waals surface area contributed by atoms with Crippen molar-refractivity contribution in [1.29, 1.82) is 0 Å². The van der Waals surface area contributed by atoms with Crippen LogP contribution in [-0.2, 0) is 10.8 Å². The Balaban J connectivity index is 1.01. The number of anilines is 3. The van der Waals surface area contributed by atoms with Crippen molar-refractivity contribution in [3.8, 4) is 77.9 Å². The second-order valence-corrected chi connectivity index (χ2v) is 19.9. The van der Waals surface area contributed by atoms with Crippen LogP contribution in [0.5, 0.6) is 0 Å². The lowest BCUT2D eigenvalue weighted by molar-refractivity contribution is 0.660. The maximum Gasteiger partial charge on any atom is 0.0732 e. The molecule has 0 N–H and O–H groups in total. The summed E-state index contributed by atoms with van der Waals surface area (Å²) in [6.45, 7) is 4.76. The summed E-state index contributed by atoms with van der Waals surface area (Å²) < 4.78 is 0. The molecule has 71 heavy (non-hydrogen) atoms. The highest BCUT2D eigenvalue weighted by molar-refractivity contribution is 6.03. The molecule has 1 atom stereocenters. The lowest BCUT2D eigenvalue weighted by Crippen LogP contribution is -2.27. The van der Waals surface area contributed by atoms with Crippen molar-refractivity contribution in [2.75, 3.05) is 4.90 Å². The van der Waals surface area contributed by atoms with Gasteiger partial charge in [0.15, 0.2) is 0 Å². The number of hydrogen-bond acceptors (Lipinski definition) is 1. The molecule has 0 radical (unpaired) electrons. The summed E-state index contributed by atoms with van der Waals surface area (Å²) in [6, 6.07) is 97.4. The van der Waals surface area contributed by atoms with Crippen molar-refractivity contribution in [2.24, 2.45) is 0 Å². The first kappa shape index (κ1) is 41.2. The van der Waals surface area contributed by atoms with Gasteiger partial charge in [0.2, 0.25) is 0 Å². The lowest BCUT2D eigenvalue weighted by Gasteiger charge is -2.34. The van der Waals surface area contributed by atoms with E-state index in [1.165, 1.54) is 111 Å². The molecular weight excluding hydrogens is 855 g/mol. The first-order valence-electron chi connectivity index (χ1n) is 24.9. The molecule has 0 amide bonds. The molecule has 3 aliphatic rings. The fraction of sp³-hybridized carbons (Fsp3) is 0.0571. The number of rotatable bonds is 7. The van der Waals surface area contributed by atoms with E-state index in [1.54, 1.807) is 0 Å². The summed E-state index contributed by atoms with van der Waals surface area (Å²) in [6.07, 6.45) is 0. The molecule has 0 aliphatic heterocycles. The van der Waals surface area contributed by atoms with Gasteiger partial charge in [-0.3, -0.25) is 0 Å². The van der Waals surface area contributed by atoms with Gasteiger partial charge in [0.25, 0.3) is 0 Å². The standard InChI is InChI=1S/C70H49N/c1-69(2)62-29-14-12-24-57(62)59-42-40-53(44-65(59)69)71(52-38-36-49(37-39-52)48-34-32-47(33-35-48)46-18-6-3-7-19-46)54-41-43-61-66(45-54)70(64-31-17-26-55(67(61)64)50-20-8-4-9-21-50)63-30-15-13-25-58(63)60-28-16-27-56(68(60)70)51-22-10-5-11-23-51/h3-45H,1-2H3. The van der Waals surface area contributed by atoms with Crippen molar-refractivity contribution < 1.29 is 0 Å². The van der Waals surface area contributed by atoms with Crippen LogP contribution in [0.3, 0.4) is 0 Å². The summed E-state index contributed by atoms with van der Waals surface area (Å²) in [5.74, 6) is 0. The Labute approximate surface area is 416 Å². The van der Waals surface area contributed by atoms with Gasteiger partial charge in [-0.2, -0.15) is 0 Å². The van der Waals surface area contributed by atoms with Gasteiger partial charge in [0, 0.05) is 22.5 Å². The topological polar surface area (TPSA) is 3.24 Å². The summed E-state index contributed by atoms with van der Waals surface area (Å²) >= 11 is 0. The summed E-state index contributed by atoms with van der Waals surface area (Å²) in [7, 11) is 0. The molecule has 0 saturated heterocycles. The van der Waals surface area contributed by atoms with E-state index in [9.17, 15) is 0 Å². The smallest absolute Gasteiger partial charge is 0.0732 e. The lowest BCUT2D eigenvalue weighted by atomic mass is 9.68. The fourth-order valence-corrected chi connectivity index (χ4v) is 12.7. The average molecular weight is 904 g/mol. The van der Waals surface area contributed by atoms with Crippen LogP contribution in [0.15, 0.2) is 261 Å². The molecule has 0 aromatic heterocycles. The monoisotopic (exact) mass is 903 g/mol. The van der Waals surface area contributed by atoms with Gasteiger partial charge in [-0.05, 0) is 148 Å². The second-order valence-electron chi connectivity index (χ2n) is 19.9. The van der Waals surface area contributed by atoms with Crippen LogP contribution in [-0.4, -0.2) is 0 Å². The number of fused-ring (bicyclic) bond motifs is 13. The van der Waals surface area contributed by atoms with Crippen molar-refractivity contribution >= 4 is 17.1 Å². The zero-order valence-electron chi connectivity index (χ0n) is 39.8. The largest absolute Gasteiger partial charge is 0.310 e. The van der Waals surface area contributed by atoms with Gasteiger partial charge >= 0.3 is 0 Å². The van der Waals surface area contributed by atoms with Gasteiger partial charge < -0.3 is 4.90 Å². The van der Waals surface area contributed by atoms with Crippen LogP contribution in [0.25, 0.3) is 77.9 Å². The molecule has 1 spiro atoms. The molecule has 334 valence electrons. The van der Waals surface area contributed by atoms with E-state index in [0.29, 0.717) is 0 Å². The Hall–Kier alpha value is -8.78. The van der Waals surface area contributed by atoms with Crippen LogP contribution in [0.4, 0.5) is 17.1 Å². The number of hydrogen-bond donors (Lipinski definition) is 0. The molecule has 1 nitrogen and oxygen atoms in total. The van der Waals surface area contributed by atoms with Gasteiger partial charge in [0.1, 0.15) is 0 Å². The quantitative estimate of drug-likeness (QED) is 0.154. The van der Waals surface area contributed by atoms with E-state index in [-0.39, 0.29) is 5.41 Å². The fourth-order valence-electron chi connectivity index (χ4n) is 12.7. The minimum Gasteiger partial charge on any atom is -0.310 e. The van der Waals surface area contributed by atoms with Crippen molar-refractivity contribution in [3.05, 3.63) is 294 Å². The zero-order valence-corrected chi connectivity index (χ0v) is 39.8.